The number of carbonyl (C=O) groups is 1. The predicted molar refractivity (Wildman–Crippen MR) is 134 cm³/mol. The standard InChI is InChI=1S/C27H31N3O3S/c1-29(22-7-3-4-8-22)27(31)30-14-12-19(13-15-30)24-10-11-26-25(24)17-21(18-28-26)20-6-5-9-23(16-20)34(2,32)33/h5-6,9-10,12,16-18,22H,3-4,7-8,11,13-15H2,1-2H3. The van der Waals surface area contributed by atoms with Gasteiger partial charge in [-0.25, -0.2) is 13.2 Å². The van der Waals surface area contributed by atoms with Gasteiger partial charge in [0, 0.05) is 56.2 Å². The van der Waals surface area contributed by atoms with Crippen LogP contribution >= 0.6 is 0 Å². The second-order valence-electron chi connectivity index (χ2n) is 9.60. The Hall–Kier alpha value is -2.93. The monoisotopic (exact) mass is 477 g/mol. The first-order chi connectivity index (χ1) is 16.3. The molecule has 5 rings (SSSR count). The van der Waals surface area contributed by atoms with Crippen LogP contribution in [0.25, 0.3) is 16.7 Å². The summed E-state index contributed by atoms with van der Waals surface area (Å²) in [7, 11) is -1.33. The first-order valence-corrected chi connectivity index (χ1v) is 13.9. The molecule has 0 N–H and O–H groups in total. The van der Waals surface area contributed by atoms with Crippen LogP contribution < -0.4 is 0 Å². The van der Waals surface area contributed by atoms with E-state index < -0.39 is 9.84 Å². The summed E-state index contributed by atoms with van der Waals surface area (Å²) < 4.78 is 24.0. The molecule has 2 amide bonds. The molecule has 34 heavy (non-hydrogen) atoms. The average Bonchev–Trinajstić information content (AvgIpc) is 3.53. The van der Waals surface area contributed by atoms with Crippen molar-refractivity contribution >= 4 is 21.4 Å². The summed E-state index contributed by atoms with van der Waals surface area (Å²) in [5, 5.41) is 0. The van der Waals surface area contributed by atoms with Crippen LogP contribution in [0.3, 0.4) is 0 Å². The molecule has 2 aromatic rings. The highest BCUT2D eigenvalue weighted by Gasteiger charge is 2.29. The van der Waals surface area contributed by atoms with Crippen molar-refractivity contribution in [3.8, 4) is 11.1 Å². The molecule has 2 aliphatic carbocycles. The summed E-state index contributed by atoms with van der Waals surface area (Å²) in [5.41, 5.74) is 6.35. The zero-order valence-electron chi connectivity index (χ0n) is 19.8. The quantitative estimate of drug-likeness (QED) is 0.639. The predicted octanol–water partition coefficient (Wildman–Crippen LogP) is 4.72. The molecular formula is C27H31N3O3S. The zero-order valence-corrected chi connectivity index (χ0v) is 20.6. The molecule has 0 unspecified atom stereocenters. The van der Waals surface area contributed by atoms with E-state index in [1.807, 2.05) is 29.1 Å². The molecule has 0 atom stereocenters. The van der Waals surface area contributed by atoms with Crippen LogP contribution in [0.5, 0.6) is 0 Å². The summed E-state index contributed by atoms with van der Waals surface area (Å²) in [5.74, 6) is 0. The molecule has 1 fully saturated rings. The largest absolute Gasteiger partial charge is 0.325 e. The lowest BCUT2D eigenvalue weighted by Gasteiger charge is -2.33. The molecule has 0 bridgehead atoms. The van der Waals surface area contributed by atoms with E-state index in [1.54, 1.807) is 18.2 Å². The van der Waals surface area contributed by atoms with Crippen LogP contribution in [0.4, 0.5) is 4.79 Å². The second-order valence-corrected chi connectivity index (χ2v) is 11.6. The fourth-order valence-corrected chi connectivity index (χ4v) is 5.99. The smallest absolute Gasteiger partial charge is 0.320 e. The maximum absolute atomic E-state index is 13.0. The van der Waals surface area contributed by atoms with E-state index in [0.717, 1.165) is 54.6 Å². The minimum absolute atomic E-state index is 0.137. The van der Waals surface area contributed by atoms with Crippen LogP contribution in [0.1, 0.15) is 43.4 Å². The van der Waals surface area contributed by atoms with Crippen LogP contribution in [0.15, 0.2) is 59.1 Å². The van der Waals surface area contributed by atoms with Crippen LogP contribution in [0.2, 0.25) is 0 Å². The summed E-state index contributed by atoms with van der Waals surface area (Å²) in [4.78, 5) is 21.8. The molecule has 0 spiro atoms. The van der Waals surface area contributed by atoms with Gasteiger partial charge in [0.25, 0.3) is 0 Å². The van der Waals surface area contributed by atoms with Gasteiger partial charge in [-0.3, -0.25) is 4.98 Å². The van der Waals surface area contributed by atoms with Gasteiger partial charge in [-0.15, -0.1) is 0 Å². The highest BCUT2D eigenvalue weighted by Crippen LogP contribution is 2.37. The van der Waals surface area contributed by atoms with Gasteiger partial charge < -0.3 is 9.80 Å². The Labute approximate surface area is 201 Å². The van der Waals surface area contributed by atoms with Crippen LogP contribution in [-0.4, -0.2) is 61.7 Å². The summed E-state index contributed by atoms with van der Waals surface area (Å²) in [6, 6.07) is 9.66. The normalized spacial score (nSPS) is 18.5. The van der Waals surface area contributed by atoms with Crippen molar-refractivity contribution in [2.45, 2.75) is 49.5 Å². The Bertz CT molecular complexity index is 1290. The van der Waals surface area contributed by atoms with Crippen molar-refractivity contribution in [1.82, 2.24) is 14.8 Å². The number of amides is 2. The number of pyridine rings is 1. The molecule has 1 aromatic carbocycles. The van der Waals surface area contributed by atoms with E-state index in [2.05, 4.69) is 23.2 Å². The Morgan fingerprint density at radius 1 is 1.12 bits per heavy atom. The van der Waals surface area contributed by atoms with Gasteiger partial charge in [0.2, 0.25) is 0 Å². The third-order valence-electron chi connectivity index (χ3n) is 7.36. The van der Waals surface area contributed by atoms with Crippen LogP contribution in [0, 0.1) is 0 Å². The van der Waals surface area contributed by atoms with Gasteiger partial charge in [0.15, 0.2) is 9.84 Å². The number of hydrogen-bond donors (Lipinski definition) is 0. The number of rotatable bonds is 4. The molecule has 178 valence electrons. The van der Waals surface area contributed by atoms with E-state index in [-0.39, 0.29) is 6.03 Å². The van der Waals surface area contributed by atoms with E-state index in [1.165, 1.54) is 30.2 Å². The Morgan fingerprint density at radius 3 is 2.62 bits per heavy atom. The second kappa shape index (κ2) is 9.02. The van der Waals surface area contributed by atoms with Crippen molar-refractivity contribution in [2.24, 2.45) is 0 Å². The minimum atomic E-state index is -3.27. The van der Waals surface area contributed by atoms with Crippen LogP contribution in [-0.2, 0) is 16.3 Å². The summed E-state index contributed by atoms with van der Waals surface area (Å²) >= 11 is 0. The number of nitrogens with zero attached hydrogens (tertiary/aromatic N) is 3. The van der Waals surface area contributed by atoms with Gasteiger partial charge >= 0.3 is 6.03 Å². The number of sulfone groups is 1. The van der Waals surface area contributed by atoms with Crippen molar-refractivity contribution in [1.29, 1.82) is 0 Å². The molecule has 1 aromatic heterocycles. The van der Waals surface area contributed by atoms with Gasteiger partial charge in [0.1, 0.15) is 0 Å². The maximum Gasteiger partial charge on any atom is 0.320 e. The van der Waals surface area contributed by atoms with Crippen molar-refractivity contribution in [2.75, 3.05) is 26.4 Å². The lowest BCUT2D eigenvalue weighted by Crippen LogP contribution is -2.46. The molecule has 1 saturated carbocycles. The third-order valence-corrected chi connectivity index (χ3v) is 8.47. The molecule has 3 aliphatic rings. The lowest BCUT2D eigenvalue weighted by atomic mass is 9.94. The number of allylic oxidation sites excluding steroid dienone is 2. The Morgan fingerprint density at radius 2 is 1.91 bits per heavy atom. The topological polar surface area (TPSA) is 70.6 Å². The Balaban J connectivity index is 1.35. The number of benzene rings is 1. The number of carbonyl (C=O) groups excluding carboxylic acids is 1. The molecular weight excluding hydrogens is 446 g/mol. The van der Waals surface area contributed by atoms with Crippen molar-refractivity contribution in [3.63, 3.8) is 0 Å². The van der Waals surface area contributed by atoms with Gasteiger partial charge in [0.05, 0.1) is 10.6 Å². The molecule has 1 aliphatic heterocycles. The van der Waals surface area contributed by atoms with E-state index in [4.69, 9.17) is 0 Å². The van der Waals surface area contributed by atoms with Crippen molar-refractivity contribution in [3.05, 3.63) is 65.5 Å². The van der Waals surface area contributed by atoms with E-state index in [0.29, 0.717) is 17.5 Å². The SMILES string of the molecule is CN(C(=O)N1CC=C(C2=CCc3ncc(-c4cccc(S(C)(=O)=O)c4)cc32)CC1)C1CCCC1. The zero-order chi connectivity index (χ0) is 23.9. The lowest BCUT2D eigenvalue weighted by molar-refractivity contribution is 0.150. The first kappa shape index (κ1) is 22.8. The third kappa shape index (κ3) is 4.41. The number of hydrogen-bond acceptors (Lipinski definition) is 4. The van der Waals surface area contributed by atoms with Gasteiger partial charge in [-0.2, -0.15) is 0 Å². The highest BCUT2D eigenvalue weighted by molar-refractivity contribution is 7.90. The van der Waals surface area contributed by atoms with Gasteiger partial charge in [-0.1, -0.05) is 37.1 Å². The minimum Gasteiger partial charge on any atom is -0.325 e. The van der Waals surface area contributed by atoms with E-state index >= 15 is 0 Å². The molecule has 0 radical (unpaired) electrons. The maximum atomic E-state index is 13.0. The number of aromatic nitrogens is 1. The fraction of sp³-hybridized carbons (Fsp3) is 0.407. The molecule has 2 heterocycles. The summed E-state index contributed by atoms with van der Waals surface area (Å²) in [6.07, 6.45) is 13.7. The number of urea groups is 1. The average molecular weight is 478 g/mol. The highest BCUT2D eigenvalue weighted by atomic mass is 32.2. The number of fused-ring (bicyclic) bond motifs is 1. The first-order valence-electron chi connectivity index (χ1n) is 12.0. The Kier molecular flexibility index (Phi) is 6.06. The molecule has 6 nitrogen and oxygen atoms in total. The van der Waals surface area contributed by atoms with Crippen molar-refractivity contribution < 1.29 is 13.2 Å². The molecule has 0 saturated heterocycles. The molecule has 7 heteroatoms. The van der Waals surface area contributed by atoms with Gasteiger partial charge in [-0.05, 0) is 54.2 Å². The van der Waals surface area contributed by atoms with E-state index in [9.17, 15) is 13.2 Å². The fourth-order valence-electron chi connectivity index (χ4n) is 5.32. The summed E-state index contributed by atoms with van der Waals surface area (Å²) in [6.45, 7) is 1.35.